The average Bonchev–Trinajstić information content (AvgIpc) is 1.86. The smallest absolute Gasteiger partial charge is 0.323 e. The summed E-state index contributed by atoms with van der Waals surface area (Å²) in [6, 6.07) is 0. The summed E-state index contributed by atoms with van der Waals surface area (Å²) in [4.78, 5) is 10.5. The standard InChI is InChI=1S/C5H10O5S/c1-2-9-4-10-5(6)3-11(7)8/h2-4H2,1H3,(H,7,8). The Balaban J connectivity index is 3.30. The summed E-state index contributed by atoms with van der Waals surface area (Å²) >= 11 is -2.13. The SMILES string of the molecule is CCOCOC(=O)CS(=O)O. The summed E-state index contributed by atoms with van der Waals surface area (Å²) in [5.41, 5.74) is 0. The third-order valence-corrected chi connectivity index (χ3v) is 1.23. The zero-order chi connectivity index (χ0) is 8.69. The van der Waals surface area contributed by atoms with Crippen LogP contribution < -0.4 is 0 Å². The highest BCUT2D eigenvalue weighted by atomic mass is 32.2. The topological polar surface area (TPSA) is 72.8 Å². The van der Waals surface area contributed by atoms with Crippen LogP contribution in [0.2, 0.25) is 0 Å². The van der Waals surface area contributed by atoms with Crippen molar-refractivity contribution in [2.24, 2.45) is 0 Å². The van der Waals surface area contributed by atoms with E-state index in [1.807, 2.05) is 0 Å². The van der Waals surface area contributed by atoms with Gasteiger partial charge >= 0.3 is 5.97 Å². The van der Waals surface area contributed by atoms with Crippen molar-refractivity contribution in [1.82, 2.24) is 0 Å². The zero-order valence-electron chi connectivity index (χ0n) is 6.11. The summed E-state index contributed by atoms with van der Waals surface area (Å²) in [5, 5.41) is 0. The van der Waals surface area contributed by atoms with Gasteiger partial charge in [0, 0.05) is 6.61 Å². The van der Waals surface area contributed by atoms with E-state index >= 15 is 0 Å². The van der Waals surface area contributed by atoms with Gasteiger partial charge in [-0.15, -0.1) is 0 Å². The number of hydrogen-bond donors (Lipinski definition) is 1. The molecule has 0 amide bonds. The molecule has 0 fully saturated rings. The van der Waals surface area contributed by atoms with Gasteiger partial charge in [0.15, 0.2) is 17.9 Å². The van der Waals surface area contributed by atoms with Gasteiger partial charge in [0.05, 0.1) is 0 Å². The van der Waals surface area contributed by atoms with Gasteiger partial charge in [-0.25, -0.2) is 4.21 Å². The van der Waals surface area contributed by atoms with Crippen LogP contribution in [-0.2, 0) is 25.3 Å². The average molecular weight is 182 g/mol. The van der Waals surface area contributed by atoms with E-state index in [0.717, 1.165) is 0 Å². The normalized spacial score (nSPS) is 12.5. The van der Waals surface area contributed by atoms with Gasteiger partial charge in [-0.1, -0.05) is 0 Å². The minimum absolute atomic E-state index is 0.160. The Morgan fingerprint density at radius 2 is 2.27 bits per heavy atom. The summed E-state index contributed by atoms with van der Waals surface area (Å²) in [5.74, 6) is -1.24. The lowest BCUT2D eigenvalue weighted by Gasteiger charge is -2.01. The molecule has 0 heterocycles. The molecule has 0 rings (SSSR count). The lowest BCUT2D eigenvalue weighted by Crippen LogP contribution is -2.15. The molecule has 0 saturated carbocycles. The second kappa shape index (κ2) is 6.26. The van der Waals surface area contributed by atoms with Crippen molar-refractivity contribution in [3.63, 3.8) is 0 Å². The third-order valence-electron chi connectivity index (χ3n) is 0.749. The van der Waals surface area contributed by atoms with Gasteiger partial charge in [0.25, 0.3) is 0 Å². The van der Waals surface area contributed by atoms with Crippen molar-refractivity contribution < 1.29 is 23.0 Å². The molecular weight excluding hydrogens is 172 g/mol. The van der Waals surface area contributed by atoms with Gasteiger partial charge in [0.1, 0.15) is 5.75 Å². The molecule has 6 heteroatoms. The van der Waals surface area contributed by atoms with Gasteiger partial charge in [-0.2, -0.15) is 0 Å². The number of esters is 1. The van der Waals surface area contributed by atoms with E-state index in [-0.39, 0.29) is 6.79 Å². The maximum Gasteiger partial charge on any atom is 0.323 e. The molecule has 66 valence electrons. The molecule has 11 heavy (non-hydrogen) atoms. The van der Waals surface area contributed by atoms with Gasteiger partial charge < -0.3 is 14.0 Å². The molecule has 0 aliphatic heterocycles. The predicted molar refractivity (Wildman–Crippen MR) is 38.2 cm³/mol. The van der Waals surface area contributed by atoms with Gasteiger partial charge in [-0.3, -0.25) is 4.79 Å². The van der Waals surface area contributed by atoms with Crippen LogP contribution in [0.1, 0.15) is 6.92 Å². The monoisotopic (exact) mass is 182 g/mol. The number of ether oxygens (including phenoxy) is 2. The first-order valence-electron chi connectivity index (χ1n) is 2.97. The molecule has 1 N–H and O–H groups in total. The van der Waals surface area contributed by atoms with Crippen molar-refractivity contribution in [2.45, 2.75) is 6.92 Å². The molecule has 0 aliphatic carbocycles. The highest BCUT2D eigenvalue weighted by molar-refractivity contribution is 7.80. The summed E-state index contributed by atoms with van der Waals surface area (Å²) in [6.45, 7) is 2.03. The van der Waals surface area contributed by atoms with E-state index in [9.17, 15) is 9.00 Å². The van der Waals surface area contributed by atoms with E-state index < -0.39 is 22.8 Å². The summed E-state index contributed by atoms with van der Waals surface area (Å²) in [7, 11) is 0. The van der Waals surface area contributed by atoms with Crippen molar-refractivity contribution in [1.29, 1.82) is 0 Å². The number of rotatable bonds is 5. The van der Waals surface area contributed by atoms with Crippen LogP contribution in [0.3, 0.4) is 0 Å². The molecule has 0 spiro atoms. The zero-order valence-corrected chi connectivity index (χ0v) is 6.93. The van der Waals surface area contributed by atoms with E-state index in [1.54, 1.807) is 6.92 Å². The number of carbonyl (C=O) groups excluding carboxylic acids is 1. The number of hydrogen-bond acceptors (Lipinski definition) is 4. The highest BCUT2D eigenvalue weighted by Gasteiger charge is 2.05. The van der Waals surface area contributed by atoms with E-state index in [4.69, 9.17) is 4.55 Å². The van der Waals surface area contributed by atoms with Crippen LogP contribution in [0.4, 0.5) is 0 Å². The first kappa shape index (κ1) is 10.5. The van der Waals surface area contributed by atoms with Gasteiger partial charge in [0.2, 0.25) is 0 Å². The van der Waals surface area contributed by atoms with Crippen LogP contribution in [0, 0.1) is 0 Å². The second-order valence-electron chi connectivity index (χ2n) is 1.59. The van der Waals surface area contributed by atoms with Crippen molar-refractivity contribution in [3.05, 3.63) is 0 Å². The number of carbonyl (C=O) groups is 1. The minimum Gasteiger partial charge on any atom is -0.438 e. The fraction of sp³-hybridized carbons (Fsp3) is 0.800. The molecule has 0 aromatic rings. The molecule has 1 atom stereocenters. The van der Waals surface area contributed by atoms with E-state index in [0.29, 0.717) is 6.61 Å². The molecular formula is C5H10O5S. The van der Waals surface area contributed by atoms with Crippen molar-refractivity contribution >= 4 is 17.0 Å². The fourth-order valence-electron chi connectivity index (χ4n) is 0.333. The van der Waals surface area contributed by atoms with E-state index in [1.165, 1.54) is 0 Å². The Bertz CT molecular complexity index is 146. The first-order valence-corrected chi connectivity index (χ1v) is 4.25. The second-order valence-corrected chi connectivity index (χ2v) is 2.52. The fourth-order valence-corrected chi connectivity index (χ4v) is 0.618. The first-order chi connectivity index (χ1) is 5.16. The minimum atomic E-state index is -2.13. The van der Waals surface area contributed by atoms with Crippen LogP contribution in [0.25, 0.3) is 0 Å². The van der Waals surface area contributed by atoms with Crippen LogP contribution >= 0.6 is 0 Å². The Hall–Kier alpha value is -0.460. The van der Waals surface area contributed by atoms with E-state index in [2.05, 4.69) is 9.47 Å². The quantitative estimate of drug-likeness (QED) is 0.274. The molecule has 0 aliphatic rings. The Kier molecular flexibility index (Phi) is 6.00. The lowest BCUT2D eigenvalue weighted by atomic mass is 10.8. The molecule has 0 bridgehead atoms. The van der Waals surface area contributed by atoms with Crippen LogP contribution in [0.15, 0.2) is 0 Å². The maximum atomic E-state index is 10.5. The molecule has 0 radical (unpaired) electrons. The van der Waals surface area contributed by atoms with Gasteiger partial charge in [-0.05, 0) is 6.92 Å². The molecule has 0 saturated heterocycles. The van der Waals surface area contributed by atoms with Crippen LogP contribution in [-0.4, -0.2) is 33.9 Å². The predicted octanol–water partition coefficient (Wildman–Crippen LogP) is -0.255. The molecule has 5 nitrogen and oxygen atoms in total. The van der Waals surface area contributed by atoms with Crippen LogP contribution in [0.5, 0.6) is 0 Å². The summed E-state index contributed by atoms with van der Waals surface area (Å²) in [6.07, 6.45) is 0. The Morgan fingerprint density at radius 1 is 1.64 bits per heavy atom. The summed E-state index contributed by atoms with van der Waals surface area (Å²) < 4.78 is 27.3. The molecule has 0 aromatic carbocycles. The Morgan fingerprint density at radius 3 is 2.73 bits per heavy atom. The third kappa shape index (κ3) is 7.44. The van der Waals surface area contributed by atoms with Crippen molar-refractivity contribution in [2.75, 3.05) is 19.2 Å². The highest BCUT2D eigenvalue weighted by Crippen LogP contribution is 1.83. The molecule has 1 unspecified atom stereocenters. The van der Waals surface area contributed by atoms with Crippen molar-refractivity contribution in [3.8, 4) is 0 Å². The Labute approximate surface area is 67.0 Å². The lowest BCUT2D eigenvalue weighted by molar-refractivity contribution is -0.152. The molecule has 0 aromatic heterocycles. The largest absolute Gasteiger partial charge is 0.438 e. The maximum absolute atomic E-state index is 10.5.